The molecule has 5 nitrogen and oxygen atoms in total. The van der Waals surface area contributed by atoms with Gasteiger partial charge >= 0.3 is 0 Å². The van der Waals surface area contributed by atoms with Crippen molar-refractivity contribution < 1.29 is 9.72 Å². The van der Waals surface area contributed by atoms with E-state index in [1.807, 2.05) is 19.1 Å². The molecule has 0 spiro atoms. The third-order valence-corrected chi connectivity index (χ3v) is 2.94. The van der Waals surface area contributed by atoms with Gasteiger partial charge in [-0.05, 0) is 30.2 Å². The Morgan fingerprint density at radius 1 is 1.20 bits per heavy atom. The highest BCUT2D eigenvalue weighted by Crippen LogP contribution is 2.18. The number of carbonyl (C=O) groups excluding carboxylic acids is 1. The van der Waals surface area contributed by atoms with Gasteiger partial charge in [-0.1, -0.05) is 25.1 Å². The van der Waals surface area contributed by atoms with E-state index in [0.29, 0.717) is 11.3 Å². The van der Waals surface area contributed by atoms with Crippen molar-refractivity contribution in [3.8, 4) is 0 Å². The summed E-state index contributed by atoms with van der Waals surface area (Å²) in [5.74, 6) is -0.284. The maximum absolute atomic E-state index is 12.0. The van der Waals surface area contributed by atoms with Crippen LogP contribution in [0.4, 0.5) is 11.4 Å². The summed E-state index contributed by atoms with van der Waals surface area (Å²) in [4.78, 5) is 22.2. The number of hydrogen-bond donors (Lipinski definition) is 1. The van der Waals surface area contributed by atoms with Crippen LogP contribution in [0, 0.1) is 10.1 Å². The van der Waals surface area contributed by atoms with Gasteiger partial charge in [0.25, 0.3) is 11.6 Å². The van der Waals surface area contributed by atoms with E-state index in [4.69, 9.17) is 0 Å². The maximum atomic E-state index is 12.0. The van der Waals surface area contributed by atoms with E-state index < -0.39 is 4.92 Å². The molecule has 0 heterocycles. The molecule has 0 aliphatic carbocycles. The average molecular weight is 270 g/mol. The van der Waals surface area contributed by atoms with Crippen molar-refractivity contribution in [2.45, 2.75) is 13.3 Å². The largest absolute Gasteiger partial charge is 0.322 e. The third kappa shape index (κ3) is 3.20. The Bertz CT molecular complexity index is 636. The van der Waals surface area contributed by atoms with Crippen LogP contribution in [-0.2, 0) is 6.42 Å². The number of nitrogens with zero attached hydrogens (tertiary/aromatic N) is 1. The molecule has 0 aliphatic heterocycles. The number of carbonyl (C=O) groups is 1. The summed E-state index contributed by atoms with van der Waals surface area (Å²) >= 11 is 0. The highest BCUT2D eigenvalue weighted by atomic mass is 16.6. The number of nitro benzene ring substituents is 1. The van der Waals surface area contributed by atoms with Crippen LogP contribution in [0.25, 0.3) is 0 Å². The SMILES string of the molecule is CCc1ccc(C(=O)Nc2cccc([N+](=O)[O-])c2)cc1. The van der Waals surface area contributed by atoms with E-state index in [1.165, 1.54) is 18.2 Å². The van der Waals surface area contributed by atoms with Gasteiger partial charge in [0.2, 0.25) is 0 Å². The number of amides is 1. The fourth-order valence-electron chi connectivity index (χ4n) is 1.79. The van der Waals surface area contributed by atoms with Crippen LogP contribution in [0.1, 0.15) is 22.8 Å². The molecule has 2 aromatic rings. The van der Waals surface area contributed by atoms with Crippen molar-refractivity contribution in [1.29, 1.82) is 0 Å². The van der Waals surface area contributed by atoms with Crippen molar-refractivity contribution in [3.63, 3.8) is 0 Å². The Labute approximate surface area is 116 Å². The minimum atomic E-state index is -0.494. The quantitative estimate of drug-likeness (QED) is 0.683. The number of hydrogen-bond acceptors (Lipinski definition) is 3. The van der Waals surface area contributed by atoms with Crippen LogP contribution in [0.2, 0.25) is 0 Å². The normalized spacial score (nSPS) is 10.1. The molecule has 0 fully saturated rings. The molecule has 0 radical (unpaired) electrons. The summed E-state index contributed by atoms with van der Waals surface area (Å²) < 4.78 is 0. The zero-order valence-corrected chi connectivity index (χ0v) is 11.0. The molecule has 102 valence electrons. The molecule has 0 saturated carbocycles. The maximum Gasteiger partial charge on any atom is 0.271 e. The van der Waals surface area contributed by atoms with Crippen LogP contribution >= 0.6 is 0 Å². The standard InChI is InChI=1S/C15H14N2O3/c1-2-11-6-8-12(9-7-11)15(18)16-13-4-3-5-14(10-13)17(19)20/h3-10H,2H2,1H3,(H,16,18). The first-order valence-electron chi connectivity index (χ1n) is 6.25. The lowest BCUT2D eigenvalue weighted by atomic mass is 10.1. The van der Waals surface area contributed by atoms with Gasteiger partial charge in [-0.15, -0.1) is 0 Å². The zero-order chi connectivity index (χ0) is 14.5. The van der Waals surface area contributed by atoms with Crippen molar-refractivity contribution in [3.05, 3.63) is 69.8 Å². The van der Waals surface area contributed by atoms with E-state index in [1.54, 1.807) is 18.2 Å². The number of nitrogens with one attached hydrogen (secondary N) is 1. The predicted molar refractivity (Wildman–Crippen MR) is 76.9 cm³/mol. The molecule has 2 rings (SSSR count). The highest BCUT2D eigenvalue weighted by Gasteiger charge is 2.09. The van der Waals surface area contributed by atoms with E-state index in [-0.39, 0.29) is 11.6 Å². The summed E-state index contributed by atoms with van der Waals surface area (Å²) in [5, 5.41) is 13.3. The monoisotopic (exact) mass is 270 g/mol. The second-order valence-corrected chi connectivity index (χ2v) is 4.31. The molecule has 1 amide bonds. The Morgan fingerprint density at radius 2 is 1.90 bits per heavy atom. The molecule has 0 aliphatic rings. The number of nitro groups is 1. The topological polar surface area (TPSA) is 72.2 Å². The molecule has 0 saturated heterocycles. The van der Waals surface area contributed by atoms with Gasteiger partial charge in [-0.25, -0.2) is 0 Å². The first kappa shape index (κ1) is 13.7. The predicted octanol–water partition coefficient (Wildman–Crippen LogP) is 3.41. The molecule has 20 heavy (non-hydrogen) atoms. The second kappa shape index (κ2) is 5.97. The molecule has 0 atom stereocenters. The van der Waals surface area contributed by atoms with Crippen LogP contribution in [0.15, 0.2) is 48.5 Å². The summed E-state index contributed by atoms with van der Waals surface area (Å²) in [6.07, 6.45) is 0.910. The van der Waals surface area contributed by atoms with Gasteiger partial charge in [0, 0.05) is 23.4 Å². The van der Waals surface area contributed by atoms with Crippen LogP contribution in [0.5, 0.6) is 0 Å². The lowest BCUT2D eigenvalue weighted by Gasteiger charge is -2.05. The molecule has 0 bridgehead atoms. The molecular weight excluding hydrogens is 256 g/mol. The number of benzene rings is 2. The summed E-state index contributed by atoms with van der Waals surface area (Å²) in [6.45, 7) is 2.04. The lowest BCUT2D eigenvalue weighted by Crippen LogP contribution is -2.11. The minimum Gasteiger partial charge on any atom is -0.322 e. The Balaban J connectivity index is 2.14. The molecule has 2 aromatic carbocycles. The van der Waals surface area contributed by atoms with Gasteiger partial charge in [0.05, 0.1) is 4.92 Å². The Kier molecular flexibility index (Phi) is 4.10. The number of anilines is 1. The van der Waals surface area contributed by atoms with E-state index in [2.05, 4.69) is 5.32 Å². The zero-order valence-electron chi connectivity index (χ0n) is 11.0. The van der Waals surface area contributed by atoms with E-state index in [9.17, 15) is 14.9 Å². The average Bonchev–Trinajstić information content (AvgIpc) is 2.47. The van der Waals surface area contributed by atoms with Crippen LogP contribution in [-0.4, -0.2) is 10.8 Å². The lowest BCUT2D eigenvalue weighted by molar-refractivity contribution is -0.384. The highest BCUT2D eigenvalue weighted by molar-refractivity contribution is 6.04. The van der Waals surface area contributed by atoms with Crippen LogP contribution in [0.3, 0.4) is 0 Å². The van der Waals surface area contributed by atoms with Gasteiger partial charge in [-0.2, -0.15) is 0 Å². The summed E-state index contributed by atoms with van der Waals surface area (Å²) in [7, 11) is 0. The van der Waals surface area contributed by atoms with Gasteiger partial charge < -0.3 is 5.32 Å². The van der Waals surface area contributed by atoms with Gasteiger partial charge in [0.1, 0.15) is 0 Å². The second-order valence-electron chi connectivity index (χ2n) is 4.31. The number of aryl methyl sites for hydroxylation is 1. The fraction of sp³-hybridized carbons (Fsp3) is 0.133. The minimum absolute atomic E-state index is 0.0517. The molecular formula is C15H14N2O3. The number of non-ortho nitro benzene ring substituents is 1. The van der Waals surface area contributed by atoms with Crippen molar-refractivity contribution >= 4 is 17.3 Å². The van der Waals surface area contributed by atoms with Crippen molar-refractivity contribution in [2.24, 2.45) is 0 Å². The Morgan fingerprint density at radius 3 is 2.50 bits per heavy atom. The van der Waals surface area contributed by atoms with E-state index >= 15 is 0 Å². The molecule has 0 aromatic heterocycles. The third-order valence-electron chi connectivity index (χ3n) is 2.94. The first-order chi connectivity index (χ1) is 9.60. The molecule has 1 N–H and O–H groups in total. The van der Waals surface area contributed by atoms with Gasteiger partial charge in [-0.3, -0.25) is 14.9 Å². The Hall–Kier alpha value is -2.69. The van der Waals surface area contributed by atoms with E-state index in [0.717, 1.165) is 12.0 Å². The first-order valence-corrected chi connectivity index (χ1v) is 6.25. The van der Waals surface area contributed by atoms with Crippen LogP contribution < -0.4 is 5.32 Å². The molecule has 0 unspecified atom stereocenters. The molecule has 5 heteroatoms. The van der Waals surface area contributed by atoms with Crippen molar-refractivity contribution in [1.82, 2.24) is 0 Å². The fourth-order valence-corrected chi connectivity index (χ4v) is 1.79. The summed E-state index contributed by atoms with van der Waals surface area (Å²) in [6, 6.07) is 13.1. The summed E-state index contributed by atoms with van der Waals surface area (Å²) in [5.41, 5.74) is 2.03. The number of rotatable bonds is 4. The van der Waals surface area contributed by atoms with Crippen molar-refractivity contribution in [2.75, 3.05) is 5.32 Å². The smallest absolute Gasteiger partial charge is 0.271 e. The van der Waals surface area contributed by atoms with Gasteiger partial charge in [0.15, 0.2) is 0 Å².